The summed E-state index contributed by atoms with van der Waals surface area (Å²) in [5.74, 6) is 0.126. The van der Waals surface area contributed by atoms with Gasteiger partial charge in [-0.3, -0.25) is 14.6 Å². The van der Waals surface area contributed by atoms with Crippen molar-refractivity contribution in [3.05, 3.63) is 69.0 Å². The Morgan fingerprint density at radius 2 is 1.85 bits per heavy atom. The monoisotopic (exact) mass is 380 g/mol. The normalized spacial score (nSPS) is 16.4. The second-order valence-electron chi connectivity index (χ2n) is 7.18. The molecule has 0 N–H and O–H groups in total. The summed E-state index contributed by atoms with van der Waals surface area (Å²) in [6, 6.07) is 8.00. The third kappa shape index (κ3) is 3.42. The van der Waals surface area contributed by atoms with Crippen LogP contribution < -0.4 is 0 Å². The van der Waals surface area contributed by atoms with Crippen molar-refractivity contribution < 1.29 is 9.59 Å². The number of aromatic nitrogens is 1. The third-order valence-electron chi connectivity index (χ3n) is 5.53. The first kappa shape index (κ1) is 17.9. The van der Waals surface area contributed by atoms with E-state index in [9.17, 15) is 9.59 Å². The summed E-state index contributed by atoms with van der Waals surface area (Å²) >= 11 is 6.25. The summed E-state index contributed by atoms with van der Waals surface area (Å²) in [6.07, 6.45) is 5.87. The van der Waals surface area contributed by atoms with Crippen LogP contribution in [-0.2, 0) is 17.6 Å². The van der Waals surface area contributed by atoms with Gasteiger partial charge in [0.15, 0.2) is 6.29 Å². The van der Waals surface area contributed by atoms with Crippen LogP contribution in [0.2, 0.25) is 5.02 Å². The number of halogens is 1. The van der Waals surface area contributed by atoms with Crippen molar-refractivity contribution >= 4 is 29.4 Å². The van der Waals surface area contributed by atoms with Gasteiger partial charge < -0.3 is 4.90 Å². The number of aryl methyl sites for hydroxylation is 2. The second-order valence-corrected chi connectivity index (χ2v) is 7.62. The van der Waals surface area contributed by atoms with Gasteiger partial charge in [-0.25, -0.2) is 0 Å². The minimum atomic E-state index is 0.126. The summed E-state index contributed by atoms with van der Waals surface area (Å²) in [5.41, 5.74) is 7.55. The fraction of sp³-hybridized carbons (Fsp3) is 0.318. The molecule has 1 amide bonds. The van der Waals surface area contributed by atoms with E-state index in [-0.39, 0.29) is 5.91 Å². The van der Waals surface area contributed by atoms with Gasteiger partial charge in [-0.2, -0.15) is 0 Å². The van der Waals surface area contributed by atoms with E-state index >= 15 is 0 Å². The Hall–Kier alpha value is -2.46. The number of carbonyl (C=O) groups is 2. The lowest BCUT2D eigenvalue weighted by Crippen LogP contribution is -2.34. The zero-order chi connectivity index (χ0) is 19.0. The molecule has 0 bridgehead atoms. The molecule has 1 fully saturated rings. The molecule has 4 rings (SSSR count). The number of nitrogens with zero attached hydrogens (tertiary/aromatic N) is 2. The number of amides is 1. The first-order chi connectivity index (χ1) is 13.1. The Kier molecular flexibility index (Phi) is 4.83. The molecule has 0 saturated carbocycles. The number of hydrogen-bond donors (Lipinski definition) is 0. The van der Waals surface area contributed by atoms with Crippen molar-refractivity contribution in [1.82, 2.24) is 9.88 Å². The number of likely N-dealkylation sites (tertiary alicyclic amines) is 1. The molecular formula is C22H21ClN2O2. The number of pyridine rings is 1. The van der Waals surface area contributed by atoms with Crippen molar-refractivity contribution in [1.29, 1.82) is 0 Å². The zero-order valence-electron chi connectivity index (χ0n) is 15.3. The van der Waals surface area contributed by atoms with Crippen LogP contribution in [-0.4, -0.2) is 35.2 Å². The Morgan fingerprint density at radius 3 is 2.56 bits per heavy atom. The van der Waals surface area contributed by atoms with Gasteiger partial charge in [0.05, 0.1) is 5.69 Å². The van der Waals surface area contributed by atoms with Crippen LogP contribution in [0.1, 0.15) is 52.5 Å². The van der Waals surface area contributed by atoms with Crippen LogP contribution in [0.15, 0.2) is 36.0 Å². The van der Waals surface area contributed by atoms with Gasteiger partial charge in [0.2, 0.25) is 5.91 Å². The van der Waals surface area contributed by atoms with E-state index in [0.717, 1.165) is 66.9 Å². The van der Waals surface area contributed by atoms with Crippen LogP contribution in [0.3, 0.4) is 0 Å². The highest BCUT2D eigenvalue weighted by atomic mass is 35.5. The van der Waals surface area contributed by atoms with Crippen molar-refractivity contribution in [3.63, 3.8) is 0 Å². The largest absolute Gasteiger partial charge is 0.342 e. The highest BCUT2D eigenvalue weighted by molar-refractivity contribution is 6.30. The molecule has 2 heterocycles. The van der Waals surface area contributed by atoms with E-state index in [1.165, 1.54) is 16.7 Å². The van der Waals surface area contributed by atoms with Crippen molar-refractivity contribution in [3.8, 4) is 0 Å². The minimum absolute atomic E-state index is 0.126. The van der Waals surface area contributed by atoms with Gasteiger partial charge in [0.25, 0.3) is 0 Å². The predicted octanol–water partition coefficient (Wildman–Crippen LogP) is 4.09. The summed E-state index contributed by atoms with van der Waals surface area (Å²) < 4.78 is 0. The number of fused-ring (bicyclic) bond motifs is 2. The number of carbonyl (C=O) groups excluding carboxylic acids is 2. The molecule has 1 aliphatic carbocycles. The molecule has 1 aromatic heterocycles. The molecule has 138 valence electrons. The lowest BCUT2D eigenvalue weighted by atomic mass is 9.88. The molecule has 2 aliphatic rings. The number of rotatable bonds is 1. The maximum absolute atomic E-state index is 11.7. The Labute approximate surface area is 163 Å². The molecule has 1 aromatic carbocycles. The zero-order valence-corrected chi connectivity index (χ0v) is 16.1. The lowest BCUT2D eigenvalue weighted by Gasteiger charge is -2.29. The molecule has 0 spiro atoms. The first-order valence-electron chi connectivity index (χ1n) is 9.27. The van der Waals surface area contributed by atoms with E-state index in [1.807, 2.05) is 23.1 Å². The van der Waals surface area contributed by atoms with Gasteiger partial charge in [-0.05, 0) is 60.6 Å². The van der Waals surface area contributed by atoms with E-state index in [4.69, 9.17) is 11.6 Å². The minimum Gasteiger partial charge on any atom is -0.342 e. The second kappa shape index (κ2) is 7.28. The van der Waals surface area contributed by atoms with E-state index in [0.29, 0.717) is 5.56 Å². The molecule has 0 atom stereocenters. The van der Waals surface area contributed by atoms with Crippen molar-refractivity contribution in [2.75, 3.05) is 13.1 Å². The van der Waals surface area contributed by atoms with Crippen LogP contribution >= 0.6 is 11.6 Å². The quantitative estimate of drug-likeness (QED) is 0.700. The topological polar surface area (TPSA) is 50.3 Å². The molecule has 1 saturated heterocycles. The summed E-state index contributed by atoms with van der Waals surface area (Å²) in [7, 11) is 0. The maximum Gasteiger partial charge on any atom is 0.219 e. The average Bonchev–Trinajstić information content (AvgIpc) is 2.84. The Bertz CT molecular complexity index is 955. The fourth-order valence-corrected chi connectivity index (χ4v) is 4.31. The lowest BCUT2D eigenvalue weighted by molar-refractivity contribution is -0.129. The van der Waals surface area contributed by atoms with Gasteiger partial charge in [-0.15, -0.1) is 0 Å². The average molecular weight is 381 g/mol. The molecule has 4 nitrogen and oxygen atoms in total. The smallest absolute Gasteiger partial charge is 0.219 e. The molecule has 1 aliphatic heterocycles. The first-order valence-corrected chi connectivity index (χ1v) is 9.65. The number of piperidine rings is 1. The highest BCUT2D eigenvalue weighted by Gasteiger charge is 2.26. The standard InChI is InChI=1S/C22H21ClN2O2/c1-14(27)25-8-6-16(7-9-25)21-20-5-4-19(23)11-17(20)2-3-18-10-15(13-26)12-24-22(18)21/h4-5,10-13H,2-3,6-9H2,1H3. The van der Waals surface area contributed by atoms with Crippen molar-refractivity contribution in [2.24, 2.45) is 0 Å². The number of aldehydes is 1. The van der Waals surface area contributed by atoms with Gasteiger partial charge in [-0.1, -0.05) is 23.2 Å². The molecule has 5 heteroatoms. The third-order valence-corrected chi connectivity index (χ3v) is 5.76. The van der Waals surface area contributed by atoms with Crippen LogP contribution in [0.4, 0.5) is 0 Å². The Balaban J connectivity index is 1.87. The Morgan fingerprint density at radius 1 is 1.11 bits per heavy atom. The fourth-order valence-electron chi connectivity index (χ4n) is 4.12. The van der Waals surface area contributed by atoms with Crippen molar-refractivity contribution in [2.45, 2.75) is 32.6 Å². The van der Waals surface area contributed by atoms with Crippen LogP contribution in [0.25, 0.3) is 5.57 Å². The van der Waals surface area contributed by atoms with Gasteiger partial charge in [0.1, 0.15) is 0 Å². The molecular weight excluding hydrogens is 360 g/mol. The predicted molar refractivity (Wildman–Crippen MR) is 106 cm³/mol. The molecule has 2 aromatic rings. The van der Waals surface area contributed by atoms with E-state index < -0.39 is 0 Å². The van der Waals surface area contributed by atoms with Gasteiger partial charge >= 0.3 is 0 Å². The van der Waals surface area contributed by atoms with Crippen LogP contribution in [0, 0.1) is 0 Å². The van der Waals surface area contributed by atoms with E-state index in [2.05, 4.69) is 11.1 Å². The number of benzene rings is 1. The highest BCUT2D eigenvalue weighted by Crippen LogP contribution is 2.38. The van der Waals surface area contributed by atoms with Crippen LogP contribution in [0.5, 0.6) is 0 Å². The van der Waals surface area contributed by atoms with E-state index in [1.54, 1.807) is 13.1 Å². The van der Waals surface area contributed by atoms with Gasteiger partial charge in [0, 0.05) is 42.4 Å². The number of hydrogen-bond acceptors (Lipinski definition) is 3. The SMILES string of the molecule is CC(=O)N1CCC(=C2c3ccc(Cl)cc3CCc3cc(C=O)cnc32)CC1. The molecule has 0 radical (unpaired) electrons. The summed E-state index contributed by atoms with van der Waals surface area (Å²) in [4.78, 5) is 29.5. The maximum atomic E-state index is 11.7. The molecule has 27 heavy (non-hydrogen) atoms. The summed E-state index contributed by atoms with van der Waals surface area (Å²) in [5, 5.41) is 0.733. The summed E-state index contributed by atoms with van der Waals surface area (Å²) in [6.45, 7) is 3.09. The molecule has 0 unspecified atom stereocenters.